The van der Waals surface area contributed by atoms with Crippen molar-refractivity contribution in [3.8, 4) is 5.75 Å². The Morgan fingerprint density at radius 1 is 1.19 bits per heavy atom. The van der Waals surface area contributed by atoms with E-state index in [4.69, 9.17) is 5.73 Å². The van der Waals surface area contributed by atoms with Crippen LogP contribution in [0.2, 0.25) is 0 Å². The van der Waals surface area contributed by atoms with Crippen LogP contribution in [0.3, 0.4) is 0 Å². The lowest BCUT2D eigenvalue weighted by atomic mass is 9.54. The van der Waals surface area contributed by atoms with Crippen LogP contribution in [0, 0.1) is 11.8 Å². The molecular formula is C26H32N2O8. The minimum Gasteiger partial charge on any atom is -0.508 e. The van der Waals surface area contributed by atoms with Gasteiger partial charge in [-0.3, -0.25) is 19.3 Å². The molecule has 7 N–H and O–H groups in total. The van der Waals surface area contributed by atoms with E-state index in [0.717, 1.165) is 0 Å². The molecule has 194 valence electrons. The molecule has 3 aliphatic rings. The first kappa shape index (κ1) is 25.9. The van der Waals surface area contributed by atoms with Crippen molar-refractivity contribution in [3.05, 3.63) is 45.7 Å². The van der Waals surface area contributed by atoms with Crippen LogP contribution in [0.1, 0.15) is 55.7 Å². The van der Waals surface area contributed by atoms with Gasteiger partial charge in [0.15, 0.2) is 11.4 Å². The van der Waals surface area contributed by atoms with Crippen molar-refractivity contribution in [2.45, 2.75) is 56.8 Å². The fraction of sp³-hybridized carbons (Fsp3) is 0.500. The first-order valence-electron chi connectivity index (χ1n) is 11.9. The lowest BCUT2D eigenvalue weighted by Gasteiger charge is -2.53. The number of fused-ring (bicyclic) bond motifs is 3. The summed E-state index contributed by atoms with van der Waals surface area (Å²) in [6, 6.07) is 2.10. The SMILES string of the molecule is CCC(C)c1ccc2c(c1O)C(O)=C1C(=O)C3(O)C(O)=C(C(N)=O)C(=O)C(N(C)C)C3C(O)C1C2C. The van der Waals surface area contributed by atoms with Gasteiger partial charge in [-0.25, -0.2) is 0 Å². The van der Waals surface area contributed by atoms with E-state index in [1.54, 1.807) is 19.1 Å². The molecule has 0 aromatic heterocycles. The van der Waals surface area contributed by atoms with Gasteiger partial charge in [0.1, 0.15) is 22.8 Å². The number of nitrogens with zero attached hydrogens (tertiary/aromatic N) is 1. The van der Waals surface area contributed by atoms with E-state index in [1.807, 2.05) is 13.8 Å². The molecule has 7 unspecified atom stereocenters. The van der Waals surface area contributed by atoms with Gasteiger partial charge in [0.25, 0.3) is 5.91 Å². The van der Waals surface area contributed by atoms with Gasteiger partial charge in [-0.2, -0.15) is 0 Å². The summed E-state index contributed by atoms with van der Waals surface area (Å²) < 4.78 is 0. The fourth-order valence-corrected chi connectivity index (χ4v) is 6.25. The molecule has 1 aromatic carbocycles. The Bertz CT molecular complexity index is 1250. The fourth-order valence-electron chi connectivity index (χ4n) is 6.25. The number of benzene rings is 1. The number of aliphatic hydroxyl groups is 4. The number of aromatic hydroxyl groups is 1. The Hall–Kier alpha value is -3.21. The van der Waals surface area contributed by atoms with Gasteiger partial charge in [0, 0.05) is 11.5 Å². The molecule has 0 spiro atoms. The number of carbonyl (C=O) groups is 3. The first-order valence-corrected chi connectivity index (χ1v) is 11.9. The zero-order chi connectivity index (χ0) is 27.0. The Morgan fingerprint density at radius 2 is 1.81 bits per heavy atom. The van der Waals surface area contributed by atoms with Gasteiger partial charge in [0.05, 0.1) is 23.6 Å². The van der Waals surface area contributed by atoms with E-state index in [2.05, 4.69) is 0 Å². The summed E-state index contributed by atoms with van der Waals surface area (Å²) in [5.41, 5.74) is 2.15. The standard InChI is InChI=1S/C26H32N2O8/c1-6-9(2)11-7-8-12-10(3)13-15(20(30)14(12)19(11)29)23(33)26(36)17(21(13)31)18(28(4)5)22(32)16(24(26)34)25(27)35/h7-10,13,17-18,21,29-31,34,36H,6H2,1-5H3,(H2,27,35). The number of hydrogen-bond acceptors (Lipinski definition) is 9. The van der Waals surface area contributed by atoms with E-state index < -0.39 is 70.1 Å². The summed E-state index contributed by atoms with van der Waals surface area (Å²) in [6.07, 6.45) is -0.896. The summed E-state index contributed by atoms with van der Waals surface area (Å²) in [5.74, 6) is -8.82. The van der Waals surface area contributed by atoms with Crippen LogP contribution in [-0.2, 0) is 14.4 Å². The van der Waals surface area contributed by atoms with Gasteiger partial charge in [-0.1, -0.05) is 32.9 Å². The van der Waals surface area contributed by atoms with Crippen molar-refractivity contribution in [2.24, 2.45) is 17.6 Å². The molecule has 7 atom stereocenters. The van der Waals surface area contributed by atoms with Crippen molar-refractivity contribution in [1.82, 2.24) is 4.90 Å². The molecule has 0 saturated heterocycles. The molecule has 0 heterocycles. The quantitative estimate of drug-likeness (QED) is 0.329. The Morgan fingerprint density at radius 3 is 2.33 bits per heavy atom. The Labute approximate surface area is 208 Å². The number of ketones is 2. The third kappa shape index (κ3) is 3.11. The van der Waals surface area contributed by atoms with Gasteiger partial charge < -0.3 is 31.3 Å². The summed E-state index contributed by atoms with van der Waals surface area (Å²) in [6.45, 7) is 5.55. The number of aliphatic hydroxyl groups excluding tert-OH is 3. The van der Waals surface area contributed by atoms with Gasteiger partial charge in [0.2, 0.25) is 5.78 Å². The monoisotopic (exact) mass is 500 g/mol. The minimum atomic E-state index is -2.91. The number of carbonyl (C=O) groups excluding carboxylic acids is 3. The average molecular weight is 501 g/mol. The third-order valence-electron chi connectivity index (χ3n) is 8.30. The number of likely N-dealkylation sites (N-methyl/N-ethyl adjacent to an activating group) is 1. The summed E-state index contributed by atoms with van der Waals surface area (Å²) in [5, 5.41) is 56.6. The van der Waals surface area contributed by atoms with Crippen LogP contribution in [0.25, 0.3) is 5.76 Å². The van der Waals surface area contributed by atoms with Gasteiger partial charge in [-0.15, -0.1) is 0 Å². The molecule has 36 heavy (non-hydrogen) atoms. The van der Waals surface area contributed by atoms with Crippen LogP contribution < -0.4 is 5.73 Å². The Balaban J connectivity index is 2.05. The summed E-state index contributed by atoms with van der Waals surface area (Å²) in [4.78, 5) is 40.5. The number of rotatable bonds is 4. The predicted octanol–water partition coefficient (Wildman–Crippen LogP) is 1.01. The molecule has 1 saturated carbocycles. The maximum Gasteiger partial charge on any atom is 0.255 e. The highest BCUT2D eigenvalue weighted by molar-refractivity contribution is 6.24. The van der Waals surface area contributed by atoms with E-state index in [-0.39, 0.29) is 22.8 Å². The summed E-state index contributed by atoms with van der Waals surface area (Å²) >= 11 is 0. The van der Waals surface area contributed by atoms with E-state index >= 15 is 0 Å². The highest BCUT2D eigenvalue weighted by atomic mass is 16.4. The lowest BCUT2D eigenvalue weighted by molar-refractivity contribution is -0.169. The molecule has 0 bridgehead atoms. The largest absolute Gasteiger partial charge is 0.508 e. The Kier molecular flexibility index (Phi) is 6.06. The lowest BCUT2D eigenvalue weighted by Crippen LogP contribution is -2.70. The maximum absolute atomic E-state index is 13.9. The van der Waals surface area contributed by atoms with E-state index in [9.17, 15) is 39.9 Å². The van der Waals surface area contributed by atoms with Crippen molar-refractivity contribution in [2.75, 3.05) is 14.1 Å². The third-order valence-corrected chi connectivity index (χ3v) is 8.30. The maximum atomic E-state index is 13.9. The molecule has 1 fully saturated rings. The van der Waals surface area contributed by atoms with E-state index in [0.29, 0.717) is 17.5 Å². The summed E-state index contributed by atoms with van der Waals surface area (Å²) in [7, 11) is 2.94. The normalized spacial score (nSPS) is 32.8. The van der Waals surface area contributed by atoms with Crippen LogP contribution >= 0.6 is 0 Å². The van der Waals surface area contributed by atoms with Crippen molar-refractivity contribution in [1.29, 1.82) is 0 Å². The number of phenols is 1. The molecule has 10 nitrogen and oxygen atoms in total. The van der Waals surface area contributed by atoms with Crippen LogP contribution in [0.15, 0.2) is 29.0 Å². The van der Waals surface area contributed by atoms with Crippen molar-refractivity contribution < 1.29 is 39.9 Å². The number of hydrogen-bond donors (Lipinski definition) is 6. The zero-order valence-corrected chi connectivity index (χ0v) is 20.8. The smallest absolute Gasteiger partial charge is 0.255 e. The molecule has 3 aliphatic carbocycles. The highest BCUT2D eigenvalue weighted by Crippen LogP contribution is 2.56. The molecule has 0 radical (unpaired) electrons. The van der Waals surface area contributed by atoms with E-state index in [1.165, 1.54) is 19.0 Å². The molecule has 0 aliphatic heterocycles. The van der Waals surface area contributed by atoms with Crippen LogP contribution in [0.4, 0.5) is 0 Å². The van der Waals surface area contributed by atoms with Crippen LogP contribution in [0.5, 0.6) is 5.75 Å². The van der Waals surface area contributed by atoms with Crippen LogP contribution in [-0.4, -0.2) is 79.7 Å². The second-order valence-corrected chi connectivity index (χ2v) is 10.3. The van der Waals surface area contributed by atoms with Crippen molar-refractivity contribution in [3.63, 3.8) is 0 Å². The van der Waals surface area contributed by atoms with Gasteiger partial charge in [-0.05, 0) is 43.5 Å². The number of Topliss-reactive ketones (excluding diaryl/α,β-unsaturated/α-hetero) is 2. The van der Waals surface area contributed by atoms with Crippen molar-refractivity contribution >= 4 is 23.2 Å². The molecule has 4 rings (SSSR count). The number of nitrogens with two attached hydrogens (primary N) is 1. The molecule has 1 aromatic rings. The first-order chi connectivity index (χ1) is 16.7. The number of amides is 1. The zero-order valence-electron chi connectivity index (χ0n) is 20.8. The number of primary amides is 1. The van der Waals surface area contributed by atoms with Gasteiger partial charge >= 0.3 is 0 Å². The number of phenolic OH excluding ortho intramolecular Hbond substituents is 1. The molecule has 1 amide bonds. The molecular weight excluding hydrogens is 468 g/mol. The highest BCUT2D eigenvalue weighted by Gasteiger charge is 2.68. The average Bonchev–Trinajstić information content (AvgIpc) is 2.80. The molecule has 10 heteroatoms. The minimum absolute atomic E-state index is 0.0174. The second-order valence-electron chi connectivity index (χ2n) is 10.3. The second kappa shape index (κ2) is 8.43. The topological polar surface area (TPSA) is 182 Å². The predicted molar refractivity (Wildman–Crippen MR) is 129 cm³/mol.